The lowest BCUT2D eigenvalue weighted by Crippen LogP contribution is -2.54. The zero-order valence-corrected chi connectivity index (χ0v) is 11.8. The van der Waals surface area contributed by atoms with E-state index in [2.05, 4.69) is 20.7 Å². The summed E-state index contributed by atoms with van der Waals surface area (Å²) >= 11 is 3.26. The van der Waals surface area contributed by atoms with Gasteiger partial charge in [0.25, 0.3) is 0 Å². The molecule has 0 radical (unpaired) electrons. The number of benzene rings is 1. The van der Waals surface area contributed by atoms with Crippen molar-refractivity contribution >= 4 is 26.0 Å². The van der Waals surface area contributed by atoms with Crippen LogP contribution >= 0.6 is 15.9 Å². The Morgan fingerprint density at radius 1 is 1.33 bits per heavy atom. The fourth-order valence-corrected chi connectivity index (χ4v) is 4.31. The van der Waals surface area contributed by atoms with Gasteiger partial charge < -0.3 is 0 Å². The summed E-state index contributed by atoms with van der Waals surface area (Å²) in [7, 11) is -3.96. The molecule has 2 rings (SSSR count). The van der Waals surface area contributed by atoms with E-state index in [4.69, 9.17) is 0 Å². The Bertz CT molecular complexity index is 553. The molecule has 18 heavy (non-hydrogen) atoms. The highest BCUT2D eigenvalue weighted by molar-refractivity contribution is 9.09. The monoisotopic (exact) mass is 339 g/mol. The van der Waals surface area contributed by atoms with Crippen LogP contribution in [0.15, 0.2) is 23.1 Å². The van der Waals surface area contributed by atoms with Crippen molar-refractivity contribution in [3.63, 3.8) is 0 Å². The molecule has 100 valence electrons. The number of hydrogen-bond donors (Lipinski definition) is 1. The molecule has 7 heteroatoms. The van der Waals surface area contributed by atoms with Crippen LogP contribution in [0.25, 0.3) is 0 Å². The molecule has 1 fully saturated rings. The number of nitrogens with one attached hydrogen (secondary N) is 1. The topological polar surface area (TPSA) is 46.2 Å². The van der Waals surface area contributed by atoms with Crippen LogP contribution in [-0.2, 0) is 10.0 Å². The summed E-state index contributed by atoms with van der Waals surface area (Å²) in [5.74, 6) is -1.88. The van der Waals surface area contributed by atoms with E-state index in [0.29, 0.717) is 24.2 Å². The Morgan fingerprint density at radius 2 is 2.00 bits per heavy atom. The fourth-order valence-electron chi connectivity index (χ4n) is 1.90. The lowest BCUT2D eigenvalue weighted by atomic mass is 9.80. The Kier molecular flexibility index (Phi) is 3.75. The van der Waals surface area contributed by atoms with Crippen LogP contribution in [-0.4, -0.2) is 19.3 Å². The third kappa shape index (κ3) is 2.57. The summed E-state index contributed by atoms with van der Waals surface area (Å²) in [6.07, 6.45) is 2.35. The van der Waals surface area contributed by atoms with Gasteiger partial charge in [0.2, 0.25) is 10.0 Å². The Hall–Kier alpha value is -0.530. The largest absolute Gasteiger partial charge is 0.244 e. The Balaban J connectivity index is 2.31. The first-order valence-electron chi connectivity index (χ1n) is 5.44. The minimum atomic E-state index is -3.96. The first-order chi connectivity index (χ1) is 8.38. The van der Waals surface area contributed by atoms with E-state index in [-0.39, 0.29) is 0 Å². The Labute approximate surface area is 113 Å². The van der Waals surface area contributed by atoms with Gasteiger partial charge in [0.15, 0.2) is 0 Å². The molecule has 0 aromatic heterocycles. The quantitative estimate of drug-likeness (QED) is 0.857. The van der Waals surface area contributed by atoms with Crippen molar-refractivity contribution in [2.75, 3.05) is 5.33 Å². The molecular weight excluding hydrogens is 328 g/mol. The lowest BCUT2D eigenvalue weighted by molar-refractivity contribution is 0.255. The van der Waals surface area contributed by atoms with Crippen LogP contribution in [0.2, 0.25) is 0 Å². The van der Waals surface area contributed by atoms with Gasteiger partial charge >= 0.3 is 0 Å². The van der Waals surface area contributed by atoms with Crippen molar-refractivity contribution in [1.82, 2.24) is 4.72 Å². The summed E-state index contributed by atoms with van der Waals surface area (Å²) in [4.78, 5) is -0.517. The standard InChI is InChI=1S/C11H12BrF2NO2S/c12-7-11(4-1-5-11)15-18(16,17)10-3-2-8(13)6-9(10)14/h2-3,6,15H,1,4-5,7H2. The molecule has 0 atom stereocenters. The van der Waals surface area contributed by atoms with E-state index in [1.807, 2.05) is 0 Å². The van der Waals surface area contributed by atoms with Crippen molar-refractivity contribution in [2.45, 2.75) is 29.7 Å². The maximum atomic E-state index is 13.5. The molecule has 0 unspecified atom stereocenters. The number of alkyl halides is 1. The molecule has 0 bridgehead atoms. The van der Waals surface area contributed by atoms with Crippen LogP contribution in [0.4, 0.5) is 8.78 Å². The minimum Gasteiger partial charge on any atom is -0.207 e. The molecule has 1 aromatic carbocycles. The SMILES string of the molecule is O=S(=O)(NC1(CBr)CCC1)c1ccc(F)cc1F. The third-order valence-electron chi connectivity index (χ3n) is 3.10. The van der Waals surface area contributed by atoms with E-state index in [1.165, 1.54) is 0 Å². The van der Waals surface area contributed by atoms with Crippen LogP contribution in [0, 0.1) is 11.6 Å². The summed E-state index contributed by atoms with van der Waals surface area (Å²) in [5.41, 5.74) is -0.542. The van der Waals surface area contributed by atoms with Gasteiger partial charge in [-0.2, -0.15) is 0 Å². The smallest absolute Gasteiger partial charge is 0.207 e. The highest BCUT2D eigenvalue weighted by atomic mass is 79.9. The molecule has 1 aliphatic rings. The molecule has 0 heterocycles. The van der Waals surface area contributed by atoms with Gasteiger partial charge in [-0.1, -0.05) is 15.9 Å². The maximum absolute atomic E-state index is 13.5. The molecule has 0 amide bonds. The average molecular weight is 340 g/mol. The van der Waals surface area contributed by atoms with E-state index < -0.39 is 32.1 Å². The molecule has 1 aromatic rings. The van der Waals surface area contributed by atoms with Crippen molar-refractivity contribution in [3.8, 4) is 0 Å². The maximum Gasteiger partial charge on any atom is 0.244 e. The number of rotatable bonds is 4. The Morgan fingerprint density at radius 3 is 2.44 bits per heavy atom. The van der Waals surface area contributed by atoms with E-state index in [9.17, 15) is 17.2 Å². The first kappa shape index (κ1) is 13.9. The molecule has 0 aliphatic heterocycles. The highest BCUT2D eigenvalue weighted by Crippen LogP contribution is 2.35. The van der Waals surface area contributed by atoms with Gasteiger partial charge in [0.05, 0.1) is 0 Å². The number of sulfonamides is 1. The predicted octanol–water partition coefficient (Wildman–Crippen LogP) is 2.56. The predicted molar refractivity (Wildman–Crippen MR) is 67.1 cm³/mol. The lowest BCUT2D eigenvalue weighted by Gasteiger charge is -2.40. The second kappa shape index (κ2) is 4.86. The summed E-state index contributed by atoms with van der Waals surface area (Å²) in [6, 6.07) is 2.43. The zero-order chi connectivity index (χ0) is 13.4. The van der Waals surface area contributed by atoms with Crippen molar-refractivity contribution < 1.29 is 17.2 Å². The molecule has 1 saturated carbocycles. The number of hydrogen-bond acceptors (Lipinski definition) is 2. The van der Waals surface area contributed by atoms with E-state index >= 15 is 0 Å². The van der Waals surface area contributed by atoms with Gasteiger partial charge in [0.1, 0.15) is 16.5 Å². The van der Waals surface area contributed by atoms with Crippen LogP contribution in [0.5, 0.6) is 0 Å². The van der Waals surface area contributed by atoms with Crippen molar-refractivity contribution in [3.05, 3.63) is 29.8 Å². The second-order valence-electron chi connectivity index (χ2n) is 4.45. The van der Waals surface area contributed by atoms with Gasteiger partial charge in [0, 0.05) is 16.9 Å². The van der Waals surface area contributed by atoms with Crippen molar-refractivity contribution in [1.29, 1.82) is 0 Å². The van der Waals surface area contributed by atoms with E-state index in [1.54, 1.807) is 0 Å². The molecule has 3 nitrogen and oxygen atoms in total. The van der Waals surface area contributed by atoms with Crippen LogP contribution in [0.1, 0.15) is 19.3 Å². The number of halogens is 3. The zero-order valence-electron chi connectivity index (χ0n) is 9.42. The van der Waals surface area contributed by atoms with Gasteiger partial charge in [-0.3, -0.25) is 0 Å². The van der Waals surface area contributed by atoms with Crippen LogP contribution in [0.3, 0.4) is 0 Å². The molecule has 1 N–H and O–H groups in total. The minimum absolute atomic E-state index is 0.474. The molecule has 1 aliphatic carbocycles. The van der Waals surface area contributed by atoms with Crippen molar-refractivity contribution in [2.24, 2.45) is 0 Å². The van der Waals surface area contributed by atoms with E-state index in [0.717, 1.165) is 18.6 Å². The molecular formula is C11H12BrF2NO2S. The van der Waals surface area contributed by atoms with Crippen LogP contribution < -0.4 is 4.72 Å². The normalized spacial score (nSPS) is 18.4. The summed E-state index contributed by atoms with van der Waals surface area (Å²) in [6.45, 7) is 0. The fraction of sp³-hybridized carbons (Fsp3) is 0.455. The average Bonchev–Trinajstić information content (AvgIpc) is 2.23. The summed E-state index contributed by atoms with van der Waals surface area (Å²) in [5, 5.41) is 0.474. The highest BCUT2D eigenvalue weighted by Gasteiger charge is 2.40. The molecule has 0 saturated heterocycles. The first-order valence-corrected chi connectivity index (χ1v) is 8.04. The second-order valence-corrected chi connectivity index (χ2v) is 6.66. The van der Waals surface area contributed by atoms with Gasteiger partial charge in [-0.15, -0.1) is 0 Å². The van der Waals surface area contributed by atoms with Gasteiger partial charge in [-0.05, 0) is 31.4 Å². The molecule has 0 spiro atoms. The third-order valence-corrected chi connectivity index (χ3v) is 5.79. The summed E-state index contributed by atoms with van der Waals surface area (Å²) < 4.78 is 52.8. The van der Waals surface area contributed by atoms with Gasteiger partial charge in [-0.25, -0.2) is 21.9 Å².